The number of Topliss-reactive ketones (excluding diaryl/α,β-unsaturated/α-hetero) is 1. The zero-order chi connectivity index (χ0) is 22.7. The SMILES string of the molecule is CN1CC(=O)Cc2nccc(-c3cccc(C(=O)N[C@H](CN)Cc4cccc(F)c4)c3)c21. The van der Waals surface area contributed by atoms with Crippen LogP contribution < -0.4 is 16.0 Å². The third-order valence-electron chi connectivity index (χ3n) is 5.59. The van der Waals surface area contributed by atoms with E-state index in [1.807, 2.05) is 42.3 Å². The molecule has 1 aliphatic heterocycles. The van der Waals surface area contributed by atoms with Gasteiger partial charge in [-0.1, -0.05) is 24.3 Å². The van der Waals surface area contributed by atoms with E-state index in [1.54, 1.807) is 18.3 Å². The van der Waals surface area contributed by atoms with E-state index in [1.165, 1.54) is 12.1 Å². The van der Waals surface area contributed by atoms with Gasteiger partial charge in [0.1, 0.15) is 5.82 Å². The van der Waals surface area contributed by atoms with Gasteiger partial charge in [-0.25, -0.2) is 4.39 Å². The van der Waals surface area contributed by atoms with Crippen molar-refractivity contribution in [2.45, 2.75) is 18.9 Å². The number of likely N-dealkylation sites (N-methyl/N-ethyl adjacent to an activating group) is 1. The average Bonchev–Trinajstić information content (AvgIpc) is 2.78. The van der Waals surface area contributed by atoms with E-state index < -0.39 is 0 Å². The van der Waals surface area contributed by atoms with Gasteiger partial charge in [-0.3, -0.25) is 14.6 Å². The van der Waals surface area contributed by atoms with Crippen LogP contribution in [0, 0.1) is 5.82 Å². The topological polar surface area (TPSA) is 88.3 Å². The third-order valence-corrected chi connectivity index (χ3v) is 5.59. The number of anilines is 1. The Hall–Kier alpha value is -3.58. The number of halogens is 1. The highest BCUT2D eigenvalue weighted by Crippen LogP contribution is 2.35. The summed E-state index contributed by atoms with van der Waals surface area (Å²) in [6.45, 7) is 0.572. The van der Waals surface area contributed by atoms with Crippen LogP contribution in [0.5, 0.6) is 0 Å². The highest BCUT2D eigenvalue weighted by molar-refractivity contribution is 5.97. The normalized spacial score (nSPS) is 14.1. The Morgan fingerprint density at radius 2 is 2.03 bits per heavy atom. The Labute approximate surface area is 186 Å². The van der Waals surface area contributed by atoms with Crippen molar-refractivity contribution in [3.63, 3.8) is 0 Å². The number of nitrogens with zero attached hydrogens (tertiary/aromatic N) is 2. The summed E-state index contributed by atoms with van der Waals surface area (Å²) in [5.74, 6) is -0.432. The predicted molar refractivity (Wildman–Crippen MR) is 122 cm³/mol. The van der Waals surface area contributed by atoms with Gasteiger partial charge in [0, 0.05) is 37.0 Å². The number of benzene rings is 2. The second kappa shape index (κ2) is 9.28. The van der Waals surface area contributed by atoms with Gasteiger partial charge in [-0.2, -0.15) is 0 Å². The molecule has 1 aliphatic rings. The Morgan fingerprint density at radius 1 is 1.22 bits per heavy atom. The molecule has 32 heavy (non-hydrogen) atoms. The number of nitrogens with two attached hydrogens (primary N) is 1. The van der Waals surface area contributed by atoms with Gasteiger partial charge in [0.2, 0.25) is 0 Å². The van der Waals surface area contributed by atoms with Crippen molar-refractivity contribution in [3.8, 4) is 11.1 Å². The van der Waals surface area contributed by atoms with E-state index in [0.29, 0.717) is 24.9 Å². The monoisotopic (exact) mass is 432 g/mol. The molecule has 0 fully saturated rings. The highest BCUT2D eigenvalue weighted by atomic mass is 19.1. The number of ketones is 1. The number of carbonyl (C=O) groups is 2. The predicted octanol–water partition coefficient (Wildman–Crippen LogP) is 2.75. The largest absolute Gasteiger partial charge is 0.365 e. The number of pyridine rings is 1. The van der Waals surface area contributed by atoms with Crippen molar-refractivity contribution in [2.24, 2.45) is 5.73 Å². The summed E-state index contributed by atoms with van der Waals surface area (Å²) in [6, 6.07) is 15.2. The minimum Gasteiger partial charge on any atom is -0.365 e. The van der Waals surface area contributed by atoms with Crippen LogP contribution in [-0.2, 0) is 17.6 Å². The van der Waals surface area contributed by atoms with E-state index in [-0.39, 0.29) is 30.1 Å². The van der Waals surface area contributed by atoms with Crippen LogP contribution in [0.25, 0.3) is 11.1 Å². The molecule has 4 rings (SSSR count). The number of fused-ring (bicyclic) bond motifs is 1. The molecule has 1 amide bonds. The van der Waals surface area contributed by atoms with Crippen molar-refractivity contribution in [1.29, 1.82) is 0 Å². The molecule has 0 saturated heterocycles. The molecule has 0 radical (unpaired) electrons. The summed E-state index contributed by atoms with van der Waals surface area (Å²) < 4.78 is 13.5. The molecule has 0 unspecified atom stereocenters. The summed E-state index contributed by atoms with van der Waals surface area (Å²) in [4.78, 5) is 31.2. The fourth-order valence-electron chi connectivity index (χ4n) is 4.11. The first kappa shape index (κ1) is 21.6. The quantitative estimate of drug-likeness (QED) is 0.625. The Balaban J connectivity index is 1.56. The van der Waals surface area contributed by atoms with Crippen molar-refractivity contribution in [3.05, 3.63) is 83.4 Å². The maximum atomic E-state index is 13.5. The number of aromatic nitrogens is 1. The second-order valence-electron chi connectivity index (χ2n) is 8.05. The van der Waals surface area contributed by atoms with Gasteiger partial charge in [0.05, 0.1) is 24.3 Å². The Morgan fingerprint density at radius 3 is 2.81 bits per heavy atom. The lowest BCUT2D eigenvalue weighted by molar-refractivity contribution is -0.117. The molecule has 1 aromatic heterocycles. The van der Waals surface area contributed by atoms with Crippen molar-refractivity contribution in [2.75, 3.05) is 25.0 Å². The first-order valence-corrected chi connectivity index (χ1v) is 10.5. The van der Waals surface area contributed by atoms with Crippen LogP contribution in [0.2, 0.25) is 0 Å². The fraction of sp³-hybridized carbons (Fsp3) is 0.240. The third kappa shape index (κ3) is 4.68. The molecule has 0 spiro atoms. The average molecular weight is 432 g/mol. The van der Waals surface area contributed by atoms with Gasteiger partial charge in [0.15, 0.2) is 5.78 Å². The summed E-state index contributed by atoms with van der Waals surface area (Å²) in [6.07, 6.45) is 2.44. The number of nitrogens with one attached hydrogen (secondary N) is 1. The maximum absolute atomic E-state index is 13.5. The molecule has 0 bridgehead atoms. The van der Waals surface area contributed by atoms with Crippen molar-refractivity contribution >= 4 is 17.4 Å². The van der Waals surface area contributed by atoms with Crippen LogP contribution in [0.4, 0.5) is 10.1 Å². The first-order valence-electron chi connectivity index (χ1n) is 10.5. The molecule has 1 atom stereocenters. The van der Waals surface area contributed by atoms with Gasteiger partial charge < -0.3 is 16.0 Å². The first-order chi connectivity index (χ1) is 15.4. The summed E-state index contributed by atoms with van der Waals surface area (Å²) >= 11 is 0. The number of rotatable bonds is 6. The van der Waals surface area contributed by atoms with Crippen LogP contribution in [0.15, 0.2) is 60.8 Å². The van der Waals surface area contributed by atoms with Gasteiger partial charge >= 0.3 is 0 Å². The van der Waals surface area contributed by atoms with Crippen LogP contribution in [0.3, 0.4) is 0 Å². The Bertz CT molecular complexity index is 1160. The number of amides is 1. The lowest BCUT2D eigenvalue weighted by atomic mass is 9.96. The fourth-order valence-corrected chi connectivity index (χ4v) is 4.11. The van der Waals surface area contributed by atoms with E-state index in [2.05, 4.69) is 10.3 Å². The standard InChI is InChI=1S/C25H25FN4O2/c1-30-15-21(31)13-23-24(30)22(8-9-28-23)17-5-3-6-18(12-17)25(32)29-20(14-27)11-16-4-2-7-19(26)10-16/h2-10,12,20H,11,13-15,27H2,1H3,(H,29,32)/t20-/m0/s1. The molecule has 0 saturated carbocycles. The molecular formula is C25H25FN4O2. The molecule has 0 aliphatic carbocycles. The molecular weight excluding hydrogens is 407 g/mol. The zero-order valence-electron chi connectivity index (χ0n) is 17.8. The zero-order valence-corrected chi connectivity index (χ0v) is 17.8. The van der Waals surface area contributed by atoms with Gasteiger partial charge in [0.25, 0.3) is 5.91 Å². The van der Waals surface area contributed by atoms with Crippen molar-refractivity contribution < 1.29 is 14.0 Å². The minimum atomic E-state index is -0.321. The molecule has 3 aromatic rings. The molecule has 2 heterocycles. The van der Waals surface area contributed by atoms with Gasteiger partial charge in [-0.05, 0) is 47.9 Å². The Kier molecular flexibility index (Phi) is 6.28. The van der Waals surface area contributed by atoms with E-state index in [0.717, 1.165) is 28.1 Å². The van der Waals surface area contributed by atoms with Crippen LogP contribution >= 0.6 is 0 Å². The van der Waals surface area contributed by atoms with E-state index >= 15 is 0 Å². The van der Waals surface area contributed by atoms with Crippen LogP contribution in [-0.4, -0.2) is 42.9 Å². The molecule has 6 nitrogen and oxygen atoms in total. The molecule has 2 aromatic carbocycles. The summed E-state index contributed by atoms with van der Waals surface area (Å²) in [5.41, 5.74) is 10.6. The maximum Gasteiger partial charge on any atom is 0.251 e. The number of carbonyl (C=O) groups excluding carboxylic acids is 2. The number of hydrogen-bond donors (Lipinski definition) is 2. The molecule has 3 N–H and O–H groups in total. The van der Waals surface area contributed by atoms with E-state index in [9.17, 15) is 14.0 Å². The lowest BCUT2D eigenvalue weighted by Crippen LogP contribution is -2.41. The molecule has 7 heteroatoms. The minimum absolute atomic E-state index is 0.129. The highest BCUT2D eigenvalue weighted by Gasteiger charge is 2.24. The number of hydrogen-bond acceptors (Lipinski definition) is 5. The van der Waals surface area contributed by atoms with E-state index in [4.69, 9.17) is 5.73 Å². The lowest BCUT2D eigenvalue weighted by Gasteiger charge is -2.28. The van der Waals surface area contributed by atoms with Crippen LogP contribution in [0.1, 0.15) is 21.6 Å². The second-order valence-corrected chi connectivity index (χ2v) is 8.05. The summed E-state index contributed by atoms with van der Waals surface area (Å²) in [5, 5.41) is 2.95. The van der Waals surface area contributed by atoms with Gasteiger partial charge in [-0.15, -0.1) is 0 Å². The molecule has 164 valence electrons. The smallest absolute Gasteiger partial charge is 0.251 e. The van der Waals surface area contributed by atoms with Crippen molar-refractivity contribution in [1.82, 2.24) is 10.3 Å². The summed E-state index contributed by atoms with van der Waals surface area (Å²) in [7, 11) is 1.87.